The molecule has 1 aromatic carbocycles. The maximum Gasteiger partial charge on any atom is 0.125 e. The molecule has 0 spiro atoms. The van der Waals surface area contributed by atoms with Gasteiger partial charge in [-0.15, -0.1) is 0 Å². The SMILES string of the molecule is Cc1c([C@H](C)NC2CCCC2)cnn1-c1cccc(F)c1. The van der Waals surface area contributed by atoms with Gasteiger partial charge in [-0.1, -0.05) is 18.9 Å². The fourth-order valence-corrected chi connectivity index (χ4v) is 3.25. The van der Waals surface area contributed by atoms with E-state index in [9.17, 15) is 4.39 Å². The van der Waals surface area contributed by atoms with Crippen LogP contribution in [0, 0.1) is 12.7 Å². The predicted molar refractivity (Wildman–Crippen MR) is 82.1 cm³/mol. The normalized spacial score (nSPS) is 17.3. The zero-order valence-corrected chi connectivity index (χ0v) is 12.6. The van der Waals surface area contributed by atoms with Crippen LogP contribution in [-0.4, -0.2) is 15.8 Å². The predicted octanol–water partition coefficient (Wildman–Crippen LogP) is 3.91. The maximum atomic E-state index is 13.4. The number of rotatable bonds is 4. The molecule has 1 atom stereocenters. The molecule has 1 fully saturated rings. The molecule has 1 aliphatic carbocycles. The van der Waals surface area contributed by atoms with Crippen LogP contribution in [0.4, 0.5) is 4.39 Å². The van der Waals surface area contributed by atoms with Crippen LogP contribution in [-0.2, 0) is 0 Å². The molecule has 3 nitrogen and oxygen atoms in total. The Morgan fingerprint density at radius 3 is 2.81 bits per heavy atom. The van der Waals surface area contributed by atoms with Crippen LogP contribution in [0.25, 0.3) is 5.69 Å². The Balaban J connectivity index is 1.81. The number of hydrogen-bond acceptors (Lipinski definition) is 2. The highest BCUT2D eigenvalue weighted by atomic mass is 19.1. The van der Waals surface area contributed by atoms with E-state index in [1.807, 2.05) is 23.9 Å². The van der Waals surface area contributed by atoms with Gasteiger partial charge in [0, 0.05) is 23.3 Å². The Kier molecular flexibility index (Phi) is 4.06. The summed E-state index contributed by atoms with van der Waals surface area (Å²) in [4.78, 5) is 0. The third kappa shape index (κ3) is 3.00. The van der Waals surface area contributed by atoms with Gasteiger partial charge in [-0.25, -0.2) is 9.07 Å². The van der Waals surface area contributed by atoms with E-state index in [4.69, 9.17) is 0 Å². The van der Waals surface area contributed by atoms with Crippen molar-refractivity contribution in [1.82, 2.24) is 15.1 Å². The number of halogens is 1. The van der Waals surface area contributed by atoms with E-state index >= 15 is 0 Å². The highest BCUT2D eigenvalue weighted by Gasteiger charge is 2.20. The lowest BCUT2D eigenvalue weighted by molar-refractivity contribution is 0.460. The maximum absolute atomic E-state index is 13.4. The monoisotopic (exact) mass is 287 g/mol. The second-order valence-electron chi connectivity index (χ2n) is 5.95. The van der Waals surface area contributed by atoms with Gasteiger partial charge >= 0.3 is 0 Å². The van der Waals surface area contributed by atoms with Crippen molar-refractivity contribution in [2.24, 2.45) is 0 Å². The van der Waals surface area contributed by atoms with Crippen molar-refractivity contribution in [2.45, 2.75) is 51.6 Å². The molecule has 2 aromatic rings. The zero-order chi connectivity index (χ0) is 14.8. The molecule has 1 N–H and O–H groups in total. The van der Waals surface area contributed by atoms with Crippen LogP contribution in [0.1, 0.15) is 49.9 Å². The fraction of sp³-hybridized carbons (Fsp3) is 0.471. The zero-order valence-electron chi connectivity index (χ0n) is 12.6. The van der Waals surface area contributed by atoms with Gasteiger partial charge in [0.2, 0.25) is 0 Å². The van der Waals surface area contributed by atoms with Gasteiger partial charge in [-0.2, -0.15) is 5.10 Å². The molecule has 0 amide bonds. The number of nitrogens with one attached hydrogen (secondary N) is 1. The minimum Gasteiger partial charge on any atom is -0.307 e. The van der Waals surface area contributed by atoms with Gasteiger partial charge in [0.05, 0.1) is 11.9 Å². The lowest BCUT2D eigenvalue weighted by Gasteiger charge is -2.19. The van der Waals surface area contributed by atoms with Crippen LogP contribution in [0.15, 0.2) is 30.5 Å². The van der Waals surface area contributed by atoms with Gasteiger partial charge in [0.15, 0.2) is 0 Å². The van der Waals surface area contributed by atoms with Crippen molar-refractivity contribution < 1.29 is 4.39 Å². The van der Waals surface area contributed by atoms with E-state index in [2.05, 4.69) is 17.3 Å². The first-order valence-corrected chi connectivity index (χ1v) is 7.71. The van der Waals surface area contributed by atoms with Crippen molar-refractivity contribution in [1.29, 1.82) is 0 Å². The smallest absolute Gasteiger partial charge is 0.125 e. The van der Waals surface area contributed by atoms with Crippen molar-refractivity contribution in [3.8, 4) is 5.69 Å². The Hall–Kier alpha value is -1.68. The molecule has 0 unspecified atom stereocenters. The molecular formula is C17H22FN3. The van der Waals surface area contributed by atoms with Gasteiger partial charge in [-0.3, -0.25) is 0 Å². The van der Waals surface area contributed by atoms with Crippen LogP contribution >= 0.6 is 0 Å². The van der Waals surface area contributed by atoms with Crippen molar-refractivity contribution in [3.63, 3.8) is 0 Å². The van der Waals surface area contributed by atoms with E-state index < -0.39 is 0 Å². The first kappa shape index (κ1) is 14.3. The number of hydrogen-bond donors (Lipinski definition) is 1. The molecule has 112 valence electrons. The standard InChI is InChI=1S/C17H22FN3/c1-12(20-15-7-3-4-8-15)17-11-19-21(13(17)2)16-9-5-6-14(18)10-16/h5-6,9-12,15,20H,3-4,7-8H2,1-2H3/t12-/m0/s1. The van der Waals surface area contributed by atoms with Crippen LogP contribution in [0.3, 0.4) is 0 Å². The summed E-state index contributed by atoms with van der Waals surface area (Å²) >= 11 is 0. The molecule has 3 rings (SSSR count). The molecule has 21 heavy (non-hydrogen) atoms. The minimum atomic E-state index is -0.235. The van der Waals surface area contributed by atoms with Gasteiger partial charge in [0.1, 0.15) is 5.82 Å². The van der Waals surface area contributed by atoms with Gasteiger partial charge < -0.3 is 5.32 Å². The largest absolute Gasteiger partial charge is 0.307 e. The molecule has 0 saturated heterocycles. The lowest BCUT2D eigenvalue weighted by atomic mass is 10.1. The summed E-state index contributed by atoms with van der Waals surface area (Å²) in [5.41, 5.74) is 3.02. The summed E-state index contributed by atoms with van der Waals surface area (Å²) in [6.07, 6.45) is 7.08. The number of benzene rings is 1. The van der Waals surface area contributed by atoms with E-state index in [1.165, 1.54) is 43.4 Å². The first-order valence-electron chi connectivity index (χ1n) is 7.71. The van der Waals surface area contributed by atoms with E-state index in [0.29, 0.717) is 6.04 Å². The highest BCUT2D eigenvalue weighted by molar-refractivity contribution is 5.35. The Bertz CT molecular complexity index is 614. The highest BCUT2D eigenvalue weighted by Crippen LogP contribution is 2.24. The van der Waals surface area contributed by atoms with Crippen molar-refractivity contribution in [3.05, 3.63) is 47.5 Å². The summed E-state index contributed by atoms with van der Waals surface area (Å²) in [6.45, 7) is 4.22. The topological polar surface area (TPSA) is 29.9 Å². The first-order chi connectivity index (χ1) is 10.1. The van der Waals surface area contributed by atoms with E-state index in [0.717, 1.165) is 11.4 Å². The molecule has 0 radical (unpaired) electrons. The quantitative estimate of drug-likeness (QED) is 0.924. The second kappa shape index (κ2) is 5.98. The fourth-order valence-electron chi connectivity index (χ4n) is 3.25. The van der Waals surface area contributed by atoms with E-state index in [-0.39, 0.29) is 11.9 Å². The second-order valence-corrected chi connectivity index (χ2v) is 5.95. The lowest BCUT2D eigenvalue weighted by Crippen LogP contribution is -2.29. The summed E-state index contributed by atoms with van der Waals surface area (Å²) in [7, 11) is 0. The summed E-state index contributed by atoms with van der Waals surface area (Å²) in [5.74, 6) is -0.235. The molecule has 1 saturated carbocycles. The number of aromatic nitrogens is 2. The van der Waals surface area contributed by atoms with Gasteiger partial charge in [0.25, 0.3) is 0 Å². The molecule has 0 bridgehead atoms. The Morgan fingerprint density at radius 1 is 1.33 bits per heavy atom. The van der Waals surface area contributed by atoms with Crippen LogP contribution in [0.5, 0.6) is 0 Å². The number of nitrogens with zero attached hydrogens (tertiary/aromatic N) is 2. The van der Waals surface area contributed by atoms with Crippen molar-refractivity contribution in [2.75, 3.05) is 0 Å². The Labute approximate surface area is 125 Å². The molecule has 0 aliphatic heterocycles. The van der Waals surface area contributed by atoms with Crippen LogP contribution in [0.2, 0.25) is 0 Å². The third-order valence-corrected chi connectivity index (χ3v) is 4.41. The van der Waals surface area contributed by atoms with Gasteiger partial charge in [-0.05, 0) is 44.9 Å². The van der Waals surface area contributed by atoms with Crippen molar-refractivity contribution >= 4 is 0 Å². The summed E-state index contributed by atoms with van der Waals surface area (Å²) in [6, 6.07) is 7.45. The molecule has 1 aromatic heterocycles. The van der Waals surface area contributed by atoms with E-state index in [1.54, 1.807) is 6.07 Å². The Morgan fingerprint density at radius 2 is 2.10 bits per heavy atom. The average molecular weight is 287 g/mol. The van der Waals surface area contributed by atoms with Crippen LogP contribution < -0.4 is 5.32 Å². The molecule has 1 aliphatic rings. The third-order valence-electron chi connectivity index (χ3n) is 4.41. The minimum absolute atomic E-state index is 0.235. The molecular weight excluding hydrogens is 265 g/mol. The summed E-state index contributed by atoms with van der Waals surface area (Å²) < 4.78 is 15.2. The molecule has 4 heteroatoms. The molecule has 1 heterocycles. The average Bonchev–Trinajstić information content (AvgIpc) is 3.08. The summed E-state index contributed by atoms with van der Waals surface area (Å²) in [5, 5.41) is 8.12.